The molecule has 53 heavy (non-hydrogen) atoms. The molecule has 0 N–H and O–H groups in total. The summed E-state index contributed by atoms with van der Waals surface area (Å²) in [4.78, 5) is 24.6. The largest absolute Gasteiger partial charge is 0.456 e. The van der Waals surface area contributed by atoms with Gasteiger partial charge in [-0.2, -0.15) is 0 Å². The maximum absolute atomic E-state index is 6.47. The molecule has 0 unspecified atom stereocenters. The monoisotopic (exact) mass is 683 g/mol. The van der Waals surface area contributed by atoms with Gasteiger partial charge in [-0.3, -0.25) is 0 Å². The highest BCUT2D eigenvalue weighted by Gasteiger charge is 2.20. The van der Waals surface area contributed by atoms with E-state index >= 15 is 0 Å². The fourth-order valence-corrected chi connectivity index (χ4v) is 7.04. The zero-order valence-corrected chi connectivity index (χ0v) is 27.9. The first-order chi connectivity index (χ1) is 26.2. The molecular weight excluding hydrogens is 659 g/mol. The van der Waals surface area contributed by atoms with Crippen molar-refractivity contribution in [3.05, 3.63) is 152 Å². The fourth-order valence-electron chi connectivity index (χ4n) is 7.04. The van der Waals surface area contributed by atoms with E-state index in [1.165, 1.54) is 0 Å². The Morgan fingerprint density at radius 1 is 0.340 bits per heavy atom. The molecule has 0 aliphatic carbocycles. The van der Waals surface area contributed by atoms with Gasteiger partial charge in [-0.15, -0.1) is 0 Å². The van der Waals surface area contributed by atoms with Gasteiger partial charge in [0.15, 0.2) is 28.6 Å². The third-order valence-electron chi connectivity index (χ3n) is 9.58. The van der Waals surface area contributed by atoms with Crippen LogP contribution in [0.4, 0.5) is 0 Å². The van der Waals surface area contributed by atoms with Crippen molar-refractivity contribution in [1.82, 2.24) is 24.9 Å². The van der Waals surface area contributed by atoms with Gasteiger partial charge in [-0.05, 0) is 71.4 Å². The zero-order valence-electron chi connectivity index (χ0n) is 27.9. The smallest absolute Gasteiger partial charge is 0.227 e. The Morgan fingerprint density at radius 2 is 0.943 bits per heavy atom. The van der Waals surface area contributed by atoms with Crippen molar-refractivity contribution in [3.8, 4) is 57.1 Å². The summed E-state index contributed by atoms with van der Waals surface area (Å²) in [5, 5.41) is 3.87. The molecule has 8 nitrogen and oxygen atoms in total. The summed E-state index contributed by atoms with van der Waals surface area (Å²) in [7, 11) is 0. The second-order valence-electron chi connectivity index (χ2n) is 12.9. The van der Waals surface area contributed by atoms with Crippen molar-refractivity contribution in [2.45, 2.75) is 0 Å². The highest BCUT2D eigenvalue weighted by molar-refractivity contribution is 6.25. The van der Waals surface area contributed by atoms with E-state index in [0.717, 1.165) is 77.1 Å². The first-order valence-corrected chi connectivity index (χ1v) is 17.2. The van der Waals surface area contributed by atoms with Crippen LogP contribution in [-0.4, -0.2) is 24.9 Å². The second-order valence-corrected chi connectivity index (χ2v) is 12.9. The van der Waals surface area contributed by atoms with Crippen molar-refractivity contribution in [2.24, 2.45) is 0 Å². The van der Waals surface area contributed by atoms with Crippen LogP contribution in [0.3, 0.4) is 0 Å². The number of para-hydroxylation sites is 2. The molecule has 0 saturated heterocycles. The third kappa shape index (κ3) is 4.88. The Kier molecular flexibility index (Phi) is 6.38. The molecule has 0 aliphatic rings. The van der Waals surface area contributed by atoms with Gasteiger partial charge in [0.1, 0.15) is 22.2 Å². The third-order valence-corrected chi connectivity index (χ3v) is 9.58. The topological polar surface area (TPSA) is 104 Å². The van der Waals surface area contributed by atoms with E-state index in [2.05, 4.69) is 24.3 Å². The quantitative estimate of drug-likeness (QED) is 0.176. The van der Waals surface area contributed by atoms with Crippen molar-refractivity contribution in [1.29, 1.82) is 0 Å². The predicted octanol–water partition coefficient (Wildman–Crippen LogP) is 11.5. The predicted molar refractivity (Wildman–Crippen MR) is 207 cm³/mol. The summed E-state index contributed by atoms with van der Waals surface area (Å²) in [5.41, 5.74) is 8.76. The minimum Gasteiger partial charge on any atom is -0.456 e. The lowest BCUT2D eigenvalue weighted by atomic mass is 10.0. The van der Waals surface area contributed by atoms with Gasteiger partial charge in [-0.25, -0.2) is 24.9 Å². The second kappa shape index (κ2) is 11.5. The molecule has 11 aromatic rings. The summed E-state index contributed by atoms with van der Waals surface area (Å²) in [6.07, 6.45) is 0. The highest BCUT2D eigenvalue weighted by Crippen LogP contribution is 2.41. The number of oxazole rings is 2. The molecule has 248 valence electrons. The molecule has 0 radical (unpaired) electrons. The number of hydrogen-bond acceptors (Lipinski definition) is 8. The van der Waals surface area contributed by atoms with Crippen molar-refractivity contribution in [2.75, 3.05) is 0 Å². The van der Waals surface area contributed by atoms with Gasteiger partial charge in [-0.1, -0.05) is 91.0 Å². The SMILES string of the molecule is c1ccc(-c2nc(-c3cccc(-c4nc5ccccc5o4)c3)nc(-c3ccc4ccc5oc6ccc7nc(-c8ccccc8)oc7c6c5c4c3)n2)cc1. The summed E-state index contributed by atoms with van der Waals surface area (Å²) in [6.45, 7) is 0. The molecule has 0 fully saturated rings. The minimum atomic E-state index is 0.535. The molecule has 0 saturated carbocycles. The average Bonchev–Trinajstić information content (AvgIpc) is 3.97. The maximum Gasteiger partial charge on any atom is 0.227 e. The molecule has 0 spiro atoms. The van der Waals surface area contributed by atoms with Gasteiger partial charge in [0.25, 0.3) is 0 Å². The van der Waals surface area contributed by atoms with E-state index in [-0.39, 0.29) is 0 Å². The van der Waals surface area contributed by atoms with E-state index < -0.39 is 0 Å². The van der Waals surface area contributed by atoms with Crippen LogP contribution in [0.5, 0.6) is 0 Å². The summed E-state index contributed by atoms with van der Waals surface area (Å²) >= 11 is 0. The van der Waals surface area contributed by atoms with Crippen molar-refractivity contribution in [3.63, 3.8) is 0 Å². The van der Waals surface area contributed by atoms with Crippen LogP contribution < -0.4 is 0 Å². The molecule has 4 aromatic heterocycles. The van der Waals surface area contributed by atoms with Gasteiger partial charge >= 0.3 is 0 Å². The number of nitrogens with zero attached hydrogens (tertiary/aromatic N) is 5. The fraction of sp³-hybridized carbons (Fsp3) is 0. The van der Waals surface area contributed by atoms with Crippen LogP contribution in [0.1, 0.15) is 0 Å². The number of fused-ring (bicyclic) bond motifs is 8. The van der Waals surface area contributed by atoms with Gasteiger partial charge in [0, 0.05) is 33.2 Å². The van der Waals surface area contributed by atoms with E-state index in [9.17, 15) is 0 Å². The van der Waals surface area contributed by atoms with E-state index in [1.54, 1.807) is 0 Å². The van der Waals surface area contributed by atoms with Crippen molar-refractivity contribution < 1.29 is 13.3 Å². The Morgan fingerprint density at radius 3 is 1.75 bits per heavy atom. The normalized spacial score (nSPS) is 11.8. The molecule has 0 amide bonds. The van der Waals surface area contributed by atoms with Crippen LogP contribution in [0.15, 0.2) is 165 Å². The standard InChI is InChI=1S/C45H25N5O3/c1-3-10-27(11-4-1)41-48-42(29-14-9-15-31(24-29)45-46-33-16-7-8-17-35(33)52-45)50-43(49-41)30-19-18-26-20-22-36-38(32(26)25-30)39-37(51-36)23-21-34-40(39)53-44(47-34)28-12-5-2-6-13-28/h1-25H. The van der Waals surface area contributed by atoms with Gasteiger partial charge < -0.3 is 13.3 Å². The summed E-state index contributed by atoms with van der Waals surface area (Å²) in [5.74, 6) is 2.75. The van der Waals surface area contributed by atoms with E-state index in [4.69, 9.17) is 38.2 Å². The summed E-state index contributed by atoms with van der Waals surface area (Å²) in [6, 6.07) is 49.8. The number of hydrogen-bond donors (Lipinski definition) is 0. The van der Waals surface area contributed by atoms with E-state index in [1.807, 2.05) is 127 Å². The lowest BCUT2D eigenvalue weighted by Crippen LogP contribution is -2.00. The van der Waals surface area contributed by atoms with E-state index in [0.29, 0.717) is 34.8 Å². The number of aromatic nitrogens is 5. The van der Waals surface area contributed by atoms with Crippen LogP contribution in [0.2, 0.25) is 0 Å². The number of furan rings is 1. The lowest BCUT2D eigenvalue weighted by molar-refractivity contribution is 0.620. The zero-order chi connectivity index (χ0) is 34.9. The molecule has 11 rings (SSSR count). The Hall–Kier alpha value is -7.45. The molecule has 7 aromatic carbocycles. The van der Waals surface area contributed by atoms with Gasteiger partial charge in [0.2, 0.25) is 11.8 Å². The Balaban J connectivity index is 1.10. The molecule has 8 heteroatoms. The van der Waals surface area contributed by atoms with Crippen LogP contribution >= 0.6 is 0 Å². The van der Waals surface area contributed by atoms with Crippen LogP contribution in [0.25, 0.3) is 112 Å². The lowest BCUT2D eigenvalue weighted by Gasteiger charge is -2.10. The van der Waals surface area contributed by atoms with Crippen LogP contribution in [-0.2, 0) is 0 Å². The molecule has 0 aliphatic heterocycles. The summed E-state index contributed by atoms with van der Waals surface area (Å²) < 4.78 is 19.0. The molecule has 0 atom stereocenters. The molecular formula is C45H25N5O3. The highest BCUT2D eigenvalue weighted by atomic mass is 16.4. The van der Waals surface area contributed by atoms with Crippen LogP contribution in [0, 0.1) is 0 Å². The Bertz CT molecular complexity index is 3150. The van der Waals surface area contributed by atoms with Gasteiger partial charge in [0.05, 0.1) is 5.39 Å². The maximum atomic E-state index is 6.47. The Labute approximate surface area is 301 Å². The average molecular weight is 684 g/mol. The number of benzene rings is 7. The molecule has 4 heterocycles. The van der Waals surface area contributed by atoms with Crippen molar-refractivity contribution >= 4 is 54.9 Å². The molecule has 0 bridgehead atoms. The number of rotatable bonds is 5. The first-order valence-electron chi connectivity index (χ1n) is 17.2. The minimum absolute atomic E-state index is 0.535. The first kappa shape index (κ1) is 29.3.